The van der Waals surface area contributed by atoms with E-state index >= 15 is 0 Å². The topological polar surface area (TPSA) is 72.8 Å². The number of carbonyl (C=O) groups is 2. The third kappa shape index (κ3) is 2.04. The lowest BCUT2D eigenvalue weighted by molar-refractivity contribution is -0.138. The predicted octanol–water partition coefficient (Wildman–Crippen LogP) is 2.36. The number of rotatable bonds is 3. The molecule has 1 fully saturated rings. The fourth-order valence-corrected chi connectivity index (χ4v) is 2.51. The Kier molecular flexibility index (Phi) is 2.67. The fraction of sp³-hybridized carbons (Fsp3) is 0.385. The number of carboxylic acids is 1. The molecule has 0 spiro atoms. The zero-order valence-electron chi connectivity index (χ0n) is 10.1. The van der Waals surface area contributed by atoms with Gasteiger partial charge in [0.1, 0.15) is 0 Å². The molecule has 1 N–H and O–H groups in total. The van der Waals surface area contributed by atoms with Crippen LogP contribution in [0.15, 0.2) is 12.1 Å². The van der Waals surface area contributed by atoms with Gasteiger partial charge in [-0.3, -0.25) is 9.59 Å². The second kappa shape index (κ2) is 4.13. The summed E-state index contributed by atoms with van der Waals surface area (Å²) < 4.78 is 10.7. The molecule has 0 saturated heterocycles. The zero-order chi connectivity index (χ0) is 13.7. The van der Waals surface area contributed by atoms with Crippen LogP contribution in [0.1, 0.15) is 23.7 Å². The van der Waals surface area contributed by atoms with Crippen LogP contribution in [0.3, 0.4) is 0 Å². The van der Waals surface area contributed by atoms with Gasteiger partial charge in [-0.1, -0.05) is 11.6 Å². The van der Waals surface area contributed by atoms with Crippen LogP contribution >= 0.6 is 11.6 Å². The van der Waals surface area contributed by atoms with Gasteiger partial charge < -0.3 is 14.6 Å². The Bertz CT molecular complexity index is 583. The van der Waals surface area contributed by atoms with E-state index in [1.165, 1.54) is 6.07 Å². The van der Waals surface area contributed by atoms with Crippen molar-refractivity contribution in [1.82, 2.24) is 0 Å². The smallest absolute Gasteiger partial charge is 0.307 e. The second-order valence-corrected chi connectivity index (χ2v) is 5.15. The largest absolute Gasteiger partial charge is 0.481 e. The lowest BCUT2D eigenvalue weighted by Gasteiger charge is -2.03. The van der Waals surface area contributed by atoms with Gasteiger partial charge in [-0.25, -0.2) is 0 Å². The normalized spacial score (nSPS) is 27.2. The number of ketones is 1. The second-order valence-electron chi connectivity index (χ2n) is 4.74. The van der Waals surface area contributed by atoms with Crippen LogP contribution in [-0.2, 0) is 4.79 Å². The third-order valence-electron chi connectivity index (χ3n) is 3.32. The zero-order valence-corrected chi connectivity index (χ0v) is 10.8. The van der Waals surface area contributed by atoms with Crippen molar-refractivity contribution in [1.29, 1.82) is 0 Å². The summed E-state index contributed by atoms with van der Waals surface area (Å²) in [5, 5.41) is 9.14. The summed E-state index contributed by atoms with van der Waals surface area (Å²) in [6.45, 7) is 1.72. The number of halogens is 1. The van der Waals surface area contributed by atoms with Gasteiger partial charge in [0.05, 0.1) is 10.9 Å². The predicted molar refractivity (Wildman–Crippen MR) is 65.7 cm³/mol. The molecule has 1 unspecified atom stereocenters. The van der Waals surface area contributed by atoms with Crippen molar-refractivity contribution in [3.05, 3.63) is 22.7 Å². The van der Waals surface area contributed by atoms with Gasteiger partial charge in [0.25, 0.3) is 0 Å². The van der Waals surface area contributed by atoms with Crippen LogP contribution in [0.5, 0.6) is 11.5 Å². The summed E-state index contributed by atoms with van der Waals surface area (Å²) in [5.41, 5.74) is 0.371. The number of aliphatic carboxylic acids is 1. The first-order valence-corrected chi connectivity index (χ1v) is 6.29. The van der Waals surface area contributed by atoms with E-state index in [0.29, 0.717) is 28.5 Å². The van der Waals surface area contributed by atoms with E-state index < -0.39 is 24.1 Å². The Hall–Kier alpha value is -1.75. The van der Waals surface area contributed by atoms with Gasteiger partial charge in [0.15, 0.2) is 17.3 Å². The number of fused-ring (bicyclic) bond motifs is 1. The molecule has 0 radical (unpaired) electrons. The molecule has 0 aromatic heterocycles. The van der Waals surface area contributed by atoms with Gasteiger partial charge in [0.2, 0.25) is 6.29 Å². The summed E-state index contributed by atoms with van der Waals surface area (Å²) in [5.74, 6) is -1.31. The summed E-state index contributed by atoms with van der Waals surface area (Å²) in [4.78, 5) is 22.9. The molecule has 0 amide bonds. The average Bonchev–Trinajstić information content (AvgIpc) is 3.05. The number of carboxylic acid groups (broad SMARTS) is 1. The Labute approximate surface area is 114 Å². The molecule has 1 aliphatic carbocycles. The SMILES string of the molecule is CC1Oc2cc(C(=O)[C@@H]3C[C@@H]3C(=O)O)cc(Cl)c2O1. The van der Waals surface area contributed by atoms with Crippen molar-refractivity contribution in [2.45, 2.75) is 19.6 Å². The molecule has 100 valence electrons. The van der Waals surface area contributed by atoms with E-state index in [1.54, 1.807) is 13.0 Å². The summed E-state index contributed by atoms with van der Waals surface area (Å²) in [6.07, 6.45) is -0.0538. The lowest BCUT2D eigenvalue weighted by Crippen LogP contribution is -2.11. The first kappa shape index (κ1) is 12.3. The molecule has 3 atom stereocenters. The first-order chi connectivity index (χ1) is 8.97. The van der Waals surface area contributed by atoms with Crippen LogP contribution in [0.2, 0.25) is 5.02 Å². The van der Waals surface area contributed by atoms with Crippen molar-refractivity contribution < 1.29 is 24.2 Å². The van der Waals surface area contributed by atoms with Gasteiger partial charge in [-0.15, -0.1) is 0 Å². The van der Waals surface area contributed by atoms with Crippen LogP contribution in [0, 0.1) is 11.8 Å². The summed E-state index contributed by atoms with van der Waals surface area (Å²) >= 11 is 6.03. The molecular weight excluding hydrogens is 272 g/mol. The number of benzene rings is 1. The number of carbonyl (C=O) groups excluding carboxylic acids is 1. The maximum absolute atomic E-state index is 12.1. The maximum Gasteiger partial charge on any atom is 0.307 e. The van der Waals surface area contributed by atoms with Crippen LogP contribution < -0.4 is 9.47 Å². The number of ether oxygens (including phenoxy) is 2. The van der Waals surface area contributed by atoms with Gasteiger partial charge in [0, 0.05) is 18.4 Å². The van der Waals surface area contributed by atoms with Crippen molar-refractivity contribution in [3.8, 4) is 11.5 Å². The van der Waals surface area contributed by atoms with E-state index in [0.717, 1.165) is 0 Å². The molecule has 1 saturated carbocycles. The van der Waals surface area contributed by atoms with Crippen molar-refractivity contribution >= 4 is 23.4 Å². The van der Waals surface area contributed by atoms with Crippen LogP contribution in [0.4, 0.5) is 0 Å². The average molecular weight is 283 g/mol. The van der Waals surface area contributed by atoms with E-state index in [9.17, 15) is 9.59 Å². The summed E-state index contributed by atoms with van der Waals surface area (Å²) in [7, 11) is 0. The van der Waals surface area contributed by atoms with Crippen molar-refractivity contribution in [2.24, 2.45) is 11.8 Å². The Morgan fingerprint density at radius 3 is 2.68 bits per heavy atom. The van der Waals surface area contributed by atoms with E-state index in [4.69, 9.17) is 26.2 Å². The minimum Gasteiger partial charge on any atom is -0.481 e. The molecular formula is C13H11ClO5. The Balaban J connectivity index is 1.87. The highest BCUT2D eigenvalue weighted by Crippen LogP contribution is 2.45. The standard InChI is InChI=1S/C13H11ClO5/c1-5-18-10-3-6(2-9(14)12(10)19-5)11(15)7-4-8(7)13(16)17/h2-3,5,7-8H,4H2,1H3,(H,16,17)/t5?,7-,8+/m1/s1. The summed E-state index contributed by atoms with van der Waals surface area (Å²) in [6, 6.07) is 3.06. The number of hydrogen-bond donors (Lipinski definition) is 1. The molecule has 1 aromatic carbocycles. The Morgan fingerprint density at radius 1 is 1.32 bits per heavy atom. The highest BCUT2D eigenvalue weighted by atomic mass is 35.5. The van der Waals surface area contributed by atoms with Crippen LogP contribution in [0.25, 0.3) is 0 Å². The molecule has 1 heterocycles. The van der Waals surface area contributed by atoms with E-state index in [1.807, 2.05) is 0 Å². The van der Waals surface area contributed by atoms with Crippen molar-refractivity contribution in [3.63, 3.8) is 0 Å². The molecule has 1 aliphatic heterocycles. The quantitative estimate of drug-likeness (QED) is 0.862. The lowest BCUT2D eigenvalue weighted by atomic mass is 10.1. The monoisotopic (exact) mass is 282 g/mol. The van der Waals surface area contributed by atoms with Gasteiger partial charge >= 0.3 is 5.97 Å². The first-order valence-electron chi connectivity index (χ1n) is 5.91. The third-order valence-corrected chi connectivity index (χ3v) is 3.60. The van der Waals surface area contributed by atoms with E-state index in [2.05, 4.69) is 0 Å². The van der Waals surface area contributed by atoms with E-state index in [-0.39, 0.29) is 5.78 Å². The molecule has 19 heavy (non-hydrogen) atoms. The molecule has 5 nitrogen and oxygen atoms in total. The minimum atomic E-state index is -0.932. The number of Topliss-reactive ketones (excluding diaryl/α,β-unsaturated/α-hetero) is 1. The highest BCUT2D eigenvalue weighted by Gasteiger charge is 2.48. The molecule has 1 aromatic rings. The number of hydrogen-bond acceptors (Lipinski definition) is 4. The molecule has 3 rings (SSSR count). The van der Waals surface area contributed by atoms with Crippen molar-refractivity contribution in [2.75, 3.05) is 0 Å². The highest BCUT2D eigenvalue weighted by molar-refractivity contribution is 6.32. The molecule has 0 bridgehead atoms. The van der Waals surface area contributed by atoms with Gasteiger partial charge in [-0.05, 0) is 18.6 Å². The molecule has 2 aliphatic rings. The Morgan fingerprint density at radius 2 is 2.05 bits per heavy atom. The minimum absolute atomic E-state index is 0.208. The fourth-order valence-electron chi connectivity index (χ4n) is 2.25. The maximum atomic E-state index is 12.1. The van der Waals surface area contributed by atoms with Gasteiger partial charge in [-0.2, -0.15) is 0 Å². The molecule has 6 heteroatoms. The van der Waals surface area contributed by atoms with Crippen LogP contribution in [-0.4, -0.2) is 23.1 Å².